The number of aromatic amines is 1. The molecule has 0 aliphatic rings. The molecule has 0 aromatic carbocycles. The lowest BCUT2D eigenvalue weighted by molar-refractivity contribution is 0.856. The van der Waals surface area contributed by atoms with E-state index in [2.05, 4.69) is 20.5 Å². The third-order valence-corrected chi connectivity index (χ3v) is 2.76. The van der Waals surface area contributed by atoms with Gasteiger partial charge in [-0.3, -0.25) is 5.10 Å². The van der Waals surface area contributed by atoms with Gasteiger partial charge in [-0.25, -0.2) is 4.98 Å². The topological polar surface area (TPSA) is 77.4 Å². The van der Waals surface area contributed by atoms with Gasteiger partial charge in [0.2, 0.25) is 0 Å². The molecule has 2 aromatic heterocycles. The highest BCUT2D eigenvalue weighted by Crippen LogP contribution is 2.08. The molecule has 0 spiro atoms. The van der Waals surface area contributed by atoms with Crippen LogP contribution < -0.4 is 5.32 Å². The van der Waals surface area contributed by atoms with E-state index in [-0.39, 0.29) is 0 Å². The minimum atomic E-state index is 0.439. The zero-order valence-corrected chi connectivity index (χ0v) is 10.3. The van der Waals surface area contributed by atoms with E-state index in [9.17, 15) is 0 Å². The number of rotatable bonds is 5. The van der Waals surface area contributed by atoms with Crippen LogP contribution in [0.4, 0.5) is 5.69 Å². The molecule has 18 heavy (non-hydrogen) atoms. The number of anilines is 1. The van der Waals surface area contributed by atoms with Gasteiger partial charge in [0.15, 0.2) is 0 Å². The summed E-state index contributed by atoms with van der Waals surface area (Å²) in [5.74, 6) is 0. The molecule has 0 fully saturated rings. The van der Waals surface area contributed by atoms with Crippen LogP contribution in [0.15, 0.2) is 24.5 Å². The van der Waals surface area contributed by atoms with E-state index in [4.69, 9.17) is 5.26 Å². The first-order valence-corrected chi connectivity index (χ1v) is 5.88. The molecule has 0 bridgehead atoms. The summed E-state index contributed by atoms with van der Waals surface area (Å²) >= 11 is 0. The summed E-state index contributed by atoms with van der Waals surface area (Å²) in [5.41, 5.74) is 3.78. The van der Waals surface area contributed by atoms with Crippen molar-refractivity contribution < 1.29 is 0 Å². The third kappa shape index (κ3) is 3.08. The number of H-pyrrole nitrogens is 1. The number of nitrogens with zero attached hydrogens (tertiary/aromatic N) is 3. The Morgan fingerprint density at radius 1 is 1.39 bits per heavy atom. The standard InChI is InChI=1S/C13H15N5/c1-10-11(8-17-18-10)3-2-6-15-13-5-4-12(7-14)16-9-13/h4-5,8-9,15H,2-3,6H2,1H3,(H,17,18). The van der Waals surface area contributed by atoms with Crippen LogP contribution in [0.2, 0.25) is 0 Å². The number of nitrogens with one attached hydrogen (secondary N) is 2. The summed E-state index contributed by atoms with van der Waals surface area (Å²) in [6, 6.07) is 5.58. The number of hydrogen-bond acceptors (Lipinski definition) is 4. The number of hydrogen-bond donors (Lipinski definition) is 2. The molecule has 0 aliphatic carbocycles. The lowest BCUT2D eigenvalue weighted by Gasteiger charge is -2.05. The maximum Gasteiger partial charge on any atom is 0.140 e. The van der Waals surface area contributed by atoms with Gasteiger partial charge in [0.1, 0.15) is 11.8 Å². The zero-order chi connectivity index (χ0) is 12.8. The van der Waals surface area contributed by atoms with Crippen molar-refractivity contribution >= 4 is 5.69 Å². The second-order valence-corrected chi connectivity index (χ2v) is 4.09. The quantitative estimate of drug-likeness (QED) is 0.785. The van der Waals surface area contributed by atoms with Crippen LogP contribution in [-0.4, -0.2) is 21.7 Å². The van der Waals surface area contributed by atoms with Crippen LogP contribution in [0.3, 0.4) is 0 Å². The molecular weight excluding hydrogens is 226 g/mol. The molecule has 0 atom stereocenters. The van der Waals surface area contributed by atoms with Gasteiger partial charge < -0.3 is 5.32 Å². The second kappa shape index (κ2) is 5.82. The van der Waals surface area contributed by atoms with E-state index in [1.165, 1.54) is 5.56 Å². The maximum atomic E-state index is 8.63. The molecule has 2 N–H and O–H groups in total. The molecule has 0 saturated carbocycles. The largest absolute Gasteiger partial charge is 0.384 e. The van der Waals surface area contributed by atoms with Crippen LogP contribution in [0, 0.1) is 18.3 Å². The van der Waals surface area contributed by atoms with Crippen LogP contribution >= 0.6 is 0 Å². The van der Waals surface area contributed by atoms with Gasteiger partial charge in [0, 0.05) is 12.2 Å². The van der Waals surface area contributed by atoms with E-state index in [1.807, 2.05) is 25.3 Å². The molecule has 0 radical (unpaired) electrons. The molecular formula is C13H15N5. The Hall–Kier alpha value is -2.35. The van der Waals surface area contributed by atoms with Crippen molar-refractivity contribution in [2.45, 2.75) is 19.8 Å². The average molecular weight is 241 g/mol. The zero-order valence-electron chi connectivity index (χ0n) is 10.3. The highest BCUT2D eigenvalue weighted by molar-refractivity contribution is 5.42. The fraction of sp³-hybridized carbons (Fsp3) is 0.308. The number of pyridine rings is 1. The van der Waals surface area contributed by atoms with Crippen molar-refractivity contribution in [3.63, 3.8) is 0 Å². The molecule has 92 valence electrons. The molecule has 2 aromatic rings. The number of aryl methyl sites for hydroxylation is 2. The van der Waals surface area contributed by atoms with E-state index >= 15 is 0 Å². The van der Waals surface area contributed by atoms with Crippen molar-refractivity contribution in [3.05, 3.63) is 41.5 Å². The van der Waals surface area contributed by atoms with Crippen molar-refractivity contribution in [3.8, 4) is 6.07 Å². The van der Waals surface area contributed by atoms with Crippen molar-refractivity contribution in [2.24, 2.45) is 0 Å². The van der Waals surface area contributed by atoms with Crippen molar-refractivity contribution in [1.29, 1.82) is 5.26 Å². The molecule has 2 rings (SSSR count). The van der Waals surface area contributed by atoms with Crippen molar-refractivity contribution in [1.82, 2.24) is 15.2 Å². The predicted octanol–water partition coefficient (Wildman–Crippen LogP) is 2.03. The number of nitriles is 1. The van der Waals surface area contributed by atoms with Gasteiger partial charge in [0.05, 0.1) is 18.1 Å². The van der Waals surface area contributed by atoms with Crippen LogP contribution in [0.25, 0.3) is 0 Å². The summed E-state index contributed by atoms with van der Waals surface area (Å²) < 4.78 is 0. The highest BCUT2D eigenvalue weighted by Gasteiger charge is 2.00. The normalized spacial score (nSPS) is 10.0. The van der Waals surface area contributed by atoms with E-state index in [1.54, 1.807) is 12.3 Å². The minimum Gasteiger partial charge on any atom is -0.384 e. The van der Waals surface area contributed by atoms with Gasteiger partial charge >= 0.3 is 0 Å². The van der Waals surface area contributed by atoms with Crippen molar-refractivity contribution in [2.75, 3.05) is 11.9 Å². The summed E-state index contributed by atoms with van der Waals surface area (Å²) in [4.78, 5) is 4.00. The SMILES string of the molecule is Cc1[nH]ncc1CCCNc1ccc(C#N)nc1. The summed E-state index contributed by atoms with van der Waals surface area (Å²) in [6.45, 7) is 2.90. The van der Waals surface area contributed by atoms with Gasteiger partial charge in [-0.1, -0.05) is 0 Å². The van der Waals surface area contributed by atoms with E-state index < -0.39 is 0 Å². The Labute approximate surface area is 106 Å². The average Bonchev–Trinajstić information content (AvgIpc) is 2.81. The lowest BCUT2D eigenvalue weighted by atomic mass is 10.1. The molecule has 0 unspecified atom stereocenters. The Morgan fingerprint density at radius 3 is 2.89 bits per heavy atom. The minimum absolute atomic E-state index is 0.439. The van der Waals surface area contributed by atoms with Gasteiger partial charge in [-0.15, -0.1) is 0 Å². The molecule has 5 nitrogen and oxygen atoms in total. The Kier molecular flexibility index (Phi) is 3.92. The van der Waals surface area contributed by atoms with Gasteiger partial charge in [-0.05, 0) is 37.5 Å². The summed E-state index contributed by atoms with van der Waals surface area (Å²) in [5, 5.41) is 18.8. The summed E-state index contributed by atoms with van der Waals surface area (Å²) in [6.07, 6.45) is 5.58. The molecule has 0 amide bonds. The molecule has 2 heterocycles. The van der Waals surface area contributed by atoms with Crippen LogP contribution in [0.1, 0.15) is 23.4 Å². The van der Waals surface area contributed by atoms with E-state index in [0.717, 1.165) is 30.8 Å². The van der Waals surface area contributed by atoms with Crippen LogP contribution in [0.5, 0.6) is 0 Å². The first-order chi connectivity index (χ1) is 8.79. The Balaban J connectivity index is 1.75. The molecule has 5 heteroatoms. The fourth-order valence-corrected chi connectivity index (χ4v) is 1.70. The van der Waals surface area contributed by atoms with E-state index in [0.29, 0.717) is 5.69 Å². The predicted molar refractivity (Wildman–Crippen MR) is 69.1 cm³/mol. The fourth-order valence-electron chi connectivity index (χ4n) is 1.70. The maximum absolute atomic E-state index is 8.63. The van der Waals surface area contributed by atoms with Crippen LogP contribution in [-0.2, 0) is 6.42 Å². The second-order valence-electron chi connectivity index (χ2n) is 4.09. The van der Waals surface area contributed by atoms with Gasteiger partial charge in [-0.2, -0.15) is 10.4 Å². The monoisotopic (exact) mass is 241 g/mol. The lowest BCUT2D eigenvalue weighted by Crippen LogP contribution is -2.03. The molecule has 0 saturated heterocycles. The first-order valence-electron chi connectivity index (χ1n) is 5.88. The first kappa shape index (κ1) is 12.1. The summed E-state index contributed by atoms with van der Waals surface area (Å²) in [7, 11) is 0. The Morgan fingerprint density at radius 2 is 2.28 bits per heavy atom. The smallest absolute Gasteiger partial charge is 0.140 e. The third-order valence-electron chi connectivity index (χ3n) is 2.76. The molecule has 0 aliphatic heterocycles. The Bertz CT molecular complexity index is 535. The van der Waals surface area contributed by atoms with Gasteiger partial charge in [0.25, 0.3) is 0 Å². The number of aromatic nitrogens is 3. The highest BCUT2D eigenvalue weighted by atomic mass is 15.1.